The molecule has 0 aliphatic carbocycles. The third-order valence-electron chi connectivity index (χ3n) is 3.37. The molecule has 1 aliphatic rings. The highest BCUT2D eigenvalue weighted by molar-refractivity contribution is 7.07. The van der Waals surface area contributed by atoms with E-state index in [1.807, 2.05) is 19.4 Å². The average Bonchev–Trinajstić information content (AvgIpc) is 3.07. The topological polar surface area (TPSA) is 74.2 Å². The molecule has 1 N–H and O–H groups in total. The number of hydrogen-bond acceptors (Lipinski definition) is 5. The van der Waals surface area contributed by atoms with Crippen LogP contribution in [0.5, 0.6) is 0 Å². The molecule has 1 saturated heterocycles. The Hall–Kier alpha value is -2.09. The van der Waals surface area contributed by atoms with Crippen molar-refractivity contribution in [1.29, 1.82) is 0 Å². The summed E-state index contributed by atoms with van der Waals surface area (Å²) in [6, 6.07) is 0. The number of H-pyrrole nitrogens is 1. The van der Waals surface area contributed by atoms with Crippen molar-refractivity contribution >= 4 is 22.9 Å². The van der Waals surface area contributed by atoms with Gasteiger partial charge >= 0.3 is 4.87 Å². The molecular weight excluding hydrogens is 278 g/mol. The van der Waals surface area contributed by atoms with Gasteiger partial charge in [0.25, 0.3) is 5.91 Å². The lowest BCUT2D eigenvalue weighted by Crippen LogP contribution is -2.48. The van der Waals surface area contributed by atoms with Gasteiger partial charge in [0.2, 0.25) is 0 Å². The maximum absolute atomic E-state index is 12.2. The Kier molecular flexibility index (Phi) is 3.31. The zero-order chi connectivity index (χ0) is 14.1. The third-order valence-corrected chi connectivity index (χ3v) is 4.04. The van der Waals surface area contributed by atoms with Gasteiger partial charge < -0.3 is 14.8 Å². The van der Waals surface area contributed by atoms with Gasteiger partial charge in [-0.1, -0.05) is 11.3 Å². The van der Waals surface area contributed by atoms with E-state index in [0.717, 1.165) is 30.1 Å². The highest BCUT2D eigenvalue weighted by atomic mass is 32.1. The van der Waals surface area contributed by atoms with Gasteiger partial charge in [-0.15, -0.1) is 0 Å². The molecule has 0 spiro atoms. The number of nitrogens with one attached hydrogen (secondary N) is 1. The van der Waals surface area contributed by atoms with Crippen LogP contribution < -0.4 is 9.77 Å². The summed E-state index contributed by atoms with van der Waals surface area (Å²) in [6.45, 7) is 2.83. The van der Waals surface area contributed by atoms with Gasteiger partial charge in [-0.2, -0.15) is 5.10 Å². The summed E-state index contributed by atoms with van der Waals surface area (Å²) in [4.78, 5) is 29.6. The molecule has 0 aromatic carbocycles. The fraction of sp³-hybridized carbons (Fsp3) is 0.417. The van der Waals surface area contributed by atoms with Crippen molar-refractivity contribution in [1.82, 2.24) is 19.7 Å². The summed E-state index contributed by atoms with van der Waals surface area (Å²) < 4.78 is 1.77. The van der Waals surface area contributed by atoms with Crippen LogP contribution in [0.15, 0.2) is 22.6 Å². The molecule has 1 aliphatic heterocycles. The molecule has 2 aromatic rings. The van der Waals surface area contributed by atoms with Crippen molar-refractivity contribution in [3.05, 3.63) is 33.1 Å². The summed E-state index contributed by atoms with van der Waals surface area (Å²) in [7, 11) is 1.89. The smallest absolute Gasteiger partial charge is 0.305 e. The zero-order valence-corrected chi connectivity index (χ0v) is 11.9. The fourth-order valence-electron chi connectivity index (χ4n) is 2.29. The summed E-state index contributed by atoms with van der Waals surface area (Å²) in [5.41, 5.74) is 1.46. The highest BCUT2D eigenvalue weighted by Gasteiger charge is 2.23. The van der Waals surface area contributed by atoms with E-state index in [1.54, 1.807) is 15.0 Å². The zero-order valence-electron chi connectivity index (χ0n) is 11.1. The first-order valence-electron chi connectivity index (χ1n) is 6.34. The molecule has 0 radical (unpaired) electrons. The SMILES string of the molecule is Cn1cc(N2CCN(C(=O)c3csc(=O)[nH]3)CC2)cn1. The van der Waals surface area contributed by atoms with E-state index >= 15 is 0 Å². The van der Waals surface area contributed by atoms with Gasteiger partial charge in [0.1, 0.15) is 5.69 Å². The van der Waals surface area contributed by atoms with E-state index in [0.29, 0.717) is 18.8 Å². The number of carbonyl (C=O) groups excluding carboxylic acids is 1. The monoisotopic (exact) mass is 293 g/mol. The van der Waals surface area contributed by atoms with E-state index in [9.17, 15) is 9.59 Å². The van der Waals surface area contributed by atoms with Crippen LogP contribution in [-0.4, -0.2) is 51.8 Å². The van der Waals surface area contributed by atoms with E-state index in [4.69, 9.17) is 0 Å². The Morgan fingerprint density at radius 3 is 2.65 bits per heavy atom. The fourth-order valence-corrected chi connectivity index (χ4v) is 2.85. The first-order valence-corrected chi connectivity index (χ1v) is 7.22. The van der Waals surface area contributed by atoms with Gasteiger partial charge in [-0.25, -0.2) is 0 Å². The molecule has 20 heavy (non-hydrogen) atoms. The molecule has 3 rings (SSSR count). The normalized spacial score (nSPS) is 15.7. The number of piperazine rings is 1. The Balaban J connectivity index is 1.64. The number of rotatable bonds is 2. The average molecular weight is 293 g/mol. The van der Waals surface area contributed by atoms with E-state index in [-0.39, 0.29) is 10.8 Å². The second-order valence-corrected chi connectivity index (χ2v) is 5.56. The van der Waals surface area contributed by atoms with Crippen LogP contribution in [0.25, 0.3) is 0 Å². The van der Waals surface area contributed by atoms with Crippen molar-refractivity contribution < 1.29 is 4.79 Å². The largest absolute Gasteiger partial charge is 0.365 e. The van der Waals surface area contributed by atoms with Crippen LogP contribution in [-0.2, 0) is 7.05 Å². The number of aryl methyl sites for hydroxylation is 1. The van der Waals surface area contributed by atoms with Gasteiger partial charge in [0.05, 0.1) is 11.9 Å². The molecule has 1 amide bonds. The Bertz CT molecular complexity index is 665. The maximum atomic E-state index is 12.2. The molecule has 0 atom stereocenters. The second-order valence-electron chi connectivity index (χ2n) is 4.71. The predicted octanol–water partition coefficient (Wildman–Crippen LogP) is 0.132. The number of carbonyl (C=O) groups is 1. The predicted molar refractivity (Wildman–Crippen MR) is 76.3 cm³/mol. The van der Waals surface area contributed by atoms with Crippen LogP contribution in [0.3, 0.4) is 0 Å². The number of nitrogens with zero attached hydrogens (tertiary/aromatic N) is 4. The highest BCUT2D eigenvalue weighted by Crippen LogP contribution is 2.15. The third kappa shape index (κ3) is 2.46. The van der Waals surface area contributed by atoms with E-state index in [1.165, 1.54) is 0 Å². The second kappa shape index (κ2) is 5.12. The van der Waals surface area contributed by atoms with E-state index in [2.05, 4.69) is 15.0 Å². The lowest BCUT2D eigenvalue weighted by Gasteiger charge is -2.35. The molecule has 1 fully saturated rings. The van der Waals surface area contributed by atoms with Crippen molar-refractivity contribution in [2.45, 2.75) is 0 Å². The molecule has 106 valence electrons. The standard InChI is InChI=1S/C12H15N5O2S/c1-15-7-9(6-13-15)16-2-4-17(5-3-16)11(18)10-8-20-12(19)14-10/h6-8H,2-5H2,1H3,(H,14,19). The van der Waals surface area contributed by atoms with Crippen molar-refractivity contribution in [2.24, 2.45) is 7.05 Å². The minimum absolute atomic E-state index is 0.103. The Morgan fingerprint density at radius 2 is 2.10 bits per heavy atom. The number of hydrogen-bond donors (Lipinski definition) is 1. The van der Waals surface area contributed by atoms with E-state index < -0.39 is 0 Å². The Morgan fingerprint density at radius 1 is 1.35 bits per heavy atom. The lowest BCUT2D eigenvalue weighted by molar-refractivity contribution is 0.0741. The van der Waals surface area contributed by atoms with Gasteiger partial charge in [0, 0.05) is 44.8 Å². The number of aromatic nitrogens is 3. The molecule has 0 bridgehead atoms. The van der Waals surface area contributed by atoms with Crippen LogP contribution in [0.1, 0.15) is 10.5 Å². The molecular formula is C12H15N5O2S. The summed E-state index contributed by atoms with van der Waals surface area (Å²) in [5, 5.41) is 5.73. The quantitative estimate of drug-likeness (QED) is 0.854. The van der Waals surface area contributed by atoms with Crippen LogP contribution in [0, 0.1) is 0 Å². The lowest BCUT2D eigenvalue weighted by atomic mass is 10.2. The summed E-state index contributed by atoms with van der Waals surface area (Å²) >= 11 is 1.02. The molecule has 0 saturated carbocycles. The van der Waals surface area contributed by atoms with Crippen LogP contribution in [0.4, 0.5) is 5.69 Å². The molecule has 7 nitrogen and oxygen atoms in total. The summed E-state index contributed by atoms with van der Waals surface area (Å²) in [5.74, 6) is -0.103. The first kappa shape index (κ1) is 12.9. The van der Waals surface area contributed by atoms with Gasteiger partial charge in [-0.05, 0) is 0 Å². The van der Waals surface area contributed by atoms with Gasteiger partial charge in [-0.3, -0.25) is 14.3 Å². The molecule has 2 aromatic heterocycles. The number of aromatic amines is 1. The van der Waals surface area contributed by atoms with Gasteiger partial charge in [0.15, 0.2) is 0 Å². The summed E-state index contributed by atoms with van der Waals surface area (Å²) in [6.07, 6.45) is 3.79. The minimum Gasteiger partial charge on any atom is -0.365 e. The number of anilines is 1. The van der Waals surface area contributed by atoms with Crippen LogP contribution >= 0.6 is 11.3 Å². The number of amides is 1. The first-order chi connectivity index (χ1) is 9.63. The minimum atomic E-state index is -0.192. The Labute approximate surface area is 119 Å². The molecule has 3 heterocycles. The van der Waals surface area contributed by atoms with Crippen molar-refractivity contribution in [2.75, 3.05) is 31.1 Å². The maximum Gasteiger partial charge on any atom is 0.305 e. The number of thiazole rings is 1. The molecule has 8 heteroatoms. The van der Waals surface area contributed by atoms with Crippen molar-refractivity contribution in [3.63, 3.8) is 0 Å². The van der Waals surface area contributed by atoms with Crippen LogP contribution in [0.2, 0.25) is 0 Å². The molecule has 0 unspecified atom stereocenters. The van der Waals surface area contributed by atoms with Crippen molar-refractivity contribution in [3.8, 4) is 0 Å².